The Bertz CT molecular complexity index is 274. The third-order valence-corrected chi connectivity index (χ3v) is 2.98. The zero-order chi connectivity index (χ0) is 13.0. The van der Waals surface area contributed by atoms with Crippen molar-refractivity contribution in [1.29, 1.82) is 0 Å². The largest absolute Gasteiger partial charge is 0.471 e. The van der Waals surface area contributed by atoms with Gasteiger partial charge in [0.15, 0.2) is 5.78 Å². The van der Waals surface area contributed by atoms with E-state index in [1.165, 1.54) is 0 Å². The molecule has 3 nitrogen and oxygen atoms in total. The number of carbonyl (C=O) groups is 2. The highest BCUT2D eigenvalue weighted by Gasteiger charge is 2.45. The number of alkyl halides is 4. The number of hydrogen-bond donors (Lipinski definition) is 1. The van der Waals surface area contributed by atoms with E-state index in [0.717, 1.165) is 0 Å². The standard InChI is InChI=1S/C9H13BrF3NO2/c1-3-8(4-2,6(15)5-10)14-7(16)9(11,12)13/h3-5H2,1-2H3,(H,14,16). The van der Waals surface area contributed by atoms with Crippen molar-refractivity contribution >= 4 is 27.6 Å². The highest BCUT2D eigenvalue weighted by atomic mass is 79.9. The van der Waals surface area contributed by atoms with E-state index in [0.29, 0.717) is 0 Å². The summed E-state index contributed by atoms with van der Waals surface area (Å²) >= 11 is 2.89. The van der Waals surface area contributed by atoms with E-state index in [4.69, 9.17) is 0 Å². The van der Waals surface area contributed by atoms with Crippen LogP contribution in [0.25, 0.3) is 0 Å². The summed E-state index contributed by atoms with van der Waals surface area (Å²) in [5, 5.41) is 1.69. The fourth-order valence-corrected chi connectivity index (χ4v) is 1.84. The Hall–Kier alpha value is -0.590. The minimum absolute atomic E-state index is 0.0905. The summed E-state index contributed by atoms with van der Waals surface area (Å²) in [7, 11) is 0. The molecule has 0 rings (SSSR count). The molecule has 0 unspecified atom stereocenters. The van der Waals surface area contributed by atoms with E-state index >= 15 is 0 Å². The third kappa shape index (κ3) is 3.47. The highest BCUT2D eigenvalue weighted by Crippen LogP contribution is 2.22. The Morgan fingerprint density at radius 1 is 1.19 bits per heavy atom. The van der Waals surface area contributed by atoms with Crippen LogP contribution in [0.15, 0.2) is 0 Å². The monoisotopic (exact) mass is 303 g/mol. The Morgan fingerprint density at radius 3 is 1.88 bits per heavy atom. The van der Waals surface area contributed by atoms with Crippen LogP contribution in [0.5, 0.6) is 0 Å². The smallest absolute Gasteiger partial charge is 0.336 e. The number of nitrogens with one attached hydrogen (secondary N) is 1. The molecule has 0 aromatic carbocycles. The molecule has 7 heteroatoms. The van der Waals surface area contributed by atoms with E-state index in [-0.39, 0.29) is 18.2 Å². The van der Waals surface area contributed by atoms with Gasteiger partial charge in [-0.2, -0.15) is 13.2 Å². The molecule has 0 bridgehead atoms. The predicted octanol–water partition coefficient (Wildman–Crippen LogP) is 2.19. The van der Waals surface area contributed by atoms with Crippen LogP contribution in [0.1, 0.15) is 26.7 Å². The lowest BCUT2D eigenvalue weighted by Gasteiger charge is -2.31. The average molecular weight is 304 g/mol. The van der Waals surface area contributed by atoms with Crippen molar-refractivity contribution in [2.24, 2.45) is 0 Å². The number of halogens is 4. The minimum atomic E-state index is -4.97. The maximum Gasteiger partial charge on any atom is 0.471 e. The van der Waals surface area contributed by atoms with Gasteiger partial charge in [-0.25, -0.2) is 0 Å². The van der Waals surface area contributed by atoms with Crippen LogP contribution in [0, 0.1) is 0 Å². The fourth-order valence-electron chi connectivity index (χ4n) is 1.31. The van der Waals surface area contributed by atoms with E-state index in [9.17, 15) is 22.8 Å². The average Bonchev–Trinajstić information content (AvgIpc) is 2.23. The lowest BCUT2D eigenvalue weighted by Crippen LogP contribution is -2.57. The molecule has 1 amide bonds. The minimum Gasteiger partial charge on any atom is -0.336 e. The number of rotatable bonds is 5. The van der Waals surface area contributed by atoms with Gasteiger partial charge < -0.3 is 5.32 Å². The molecule has 0 fully saturated rings. The Balaban J connectivity index is 4.96. The van der Waals surface area contributed by atoms with Crippen molar-refractivity contribution in [3.05, 3.63) is 0 Å². The molecule has 0 aliphatic heterocycles. The normalized spacial score (nSPS) is 12.4. The van der Waals surface area contributed by atoms with Gasteiger partial charge in [0, 0.05) is 0 Å². The van der Waals surface area contributed by atoms with Crippen LogP contribution in [0.4, 0.5) is 13.2 Å². The van der Waals surface area contributed by atoms with Gasteiger partial charge in [0.05, 0.1) is 10.9 Å². The molecule has 1 N–H and O–H groups in total. The van der Waals surface area contributed by atoms with Crippen molar-refractivity contribution in [3.8, 4) is 0 Å². The van der Waals surface area contributed by atoms with Gasteiger partial charge >= 0.3 is 12.1 Å². The summed E-state index contributed by atoms with van der Waals surface area (Å²) in [5.41, 5.74) is -1.43. The summed E-state index contributed by atoms with van der Waals surface area (Å²) in [4.78, 5) is 22.3. The first-order valence-electron chi connectivity index (χ1n) is 4.72. The first-order valence-corrected chi connectivity index (χ1v) is 5.84. The molecule has 0 aliphatic carbocycles. The zero-order valence-corrected chi connectivity index (χ0v) is 10.5. The van der Waals surface area contributed by atoms with Crippen LogP contribution >= 0.6 is 15.9 Å². The van der Waals surface area contributed by atoms with Gasteiger partial charge in [-0.1, -0.05) is 29.8 Å². The fraction of sp³-hybridized carbons (Fsp3) is 0.778. The van der Waals surface area contributed by atoms with Crippen molar-refractivity contribution < 1.29 is 22.8 Å². The molecule has 0 heterocycles. The molecule has 0 spiro atoms. The van der Waals surface area contributed by atoms with Gasteiger partial charge in [0.25, 0.3) is 0 Å². The van der Waals surface area contributed by atoms with E-state index in [2.05, 4.69) is 15.9 Å². The van der Waals surface area contributed by atoms with E-state index in [1.807, 2.05) is 0 Å². The van der Waals surface area contributed by atoms with Crippen LogP contribution in [-0.2, 0) is 9.59 Å². The summed E-state index contributed by atoms with van der Waals surface area (Å²) in [6.45, 7) is 3.11. The molecule has 0 aromatic heterocycles. The van der Waals surface area contributed by atoms with Crippen molar-refractivity contribution in [2.45, 2.75) is 38.4 Å². The molecule has 0 atom stereocenters. The SMILES string of the molecule is CCC(CC)(NC(=O)C(F)(F)F)C(=O)CBr. The third-order valence-electron chi connectivity index (χ3n) is 2.47. The van der Waals surface area contributed by atoms with Gasteiger partial charge in [-0.05, 0) is 12.8 Å². The maximum absolute atomic E-state index is 12.1. The number of Topliss-reactive ketones (excluding diaryl/α,β-unsaturated/α-hetero) is 1. The lowest BCUT2D eigenvalue weighted by atomic mass is 9.88. The first-order chi connectivity index (χ1) is 7.23. The molecule has 94 valence electrons. The molecule has 0 saturated carbocycles. The predicted molar refractivity (Wildman–Crippen MR) is 56.3 cm³/mol. The summed E-state index contributed by atoms with van der Waals surface area (Å²) in [6.07, 6.45) is -4.73. The first kappa shape index (κ1) is 15.4. The summed E-state index contributed by atoms with van der Waals surface area (Å²) in [6, 6.07) is 0. The second-order valence-electron chi connectivity index (χ2n) is 3.30. The quantitative estimate of drug-likeness (QED) is 0.791. The Morgan fingerprint density at radius 2 is 1.62 bits per heavy atom. The number of hydrogen-bond acceptors (Lipinski definition) is 2. The molecular weight excluding hydrogens is 291 g/mol. The Labute approximate surface area is 99.9 Å². The van der Waals surface area contributed by atoms with Crippen LogP contribution in [-0.4, -0.2) is 28.7 Å². The summed E-state index contributed by atoms with van der Waals surface area (Å²) < 4.78 is 36.3. The lowest BCUT2D eigenvalue weighted by molar-refractivity contribution is -0.176. The zero-order valence-electron chi connectivity index (χ0n) is 8.95. The second kappa shape index (κ2) is 5.65. The Kier molecular flexibility index (Phi) is 5.44. The topological polar surface area (TPSA) is 46.2 Å². The molecule has 16 heavy (non-hydrogen) atoms. The van der Waals surface area contributed by atoms with Crippen molar-refractivity contribution in [1.82, 2.24) is 5.32 Å². The van der Waals surface area contributed by atoms with Crippen molar-refractivity contribution in [3.63, 3.8) is 0 Å². The van der Waals surface area contributed by atoms with Gasteiger partial charge in [-0.15, -0.1) is 0 Å². The number of carbonyl (C=O) groups excluding carboxylic acids is 2. The van der Waals surface area contributed by atoms with Gasteiger partial charge in [0.1, 0.15) is 0 Å². The van der Waals surface area contributed by atoms with Crippen molar-refractivity contribution in [2.75, 3.05) is 5.33 Å². The van der Waals surface area contributed by atoms with Crippen LogP contribution in [0.2, 0.25) is 0 Å². The molecular formula is C9H13BrF3NO2. The molecule has 0 aromatic rings. The summed E-state index contributed by atoms with van der Waals surface area (Å²) in [5.74, 6) is -2.54. The second-order valence-corrected chi connectivity index (χ2v) is 3.86. The van der Waals surface area contributed by atoms with Crippen LogP contribution < -0.4 is 5.32 Å². The van der Waals surface area contributed by atoms with Crippen LogP contribution in [0.3, 0.4) is 0 Å². The highest BCUT2D eigenvalue weighted by molar-refractivity contribution is 9.09. The molecule has 0 aliphatic rings. The van der Waals surface area contributed by atoms with E-state index < -0.39 is 23.4 Å². The number of amides is 1. The molecule has 0 saturated heterocycles. The maximum atomic E-state index is 12.1. The number of ketones is 1. The molecule has 0 radical (unpaired) electrons. The van der Waals surface area contributed by atoms with Gasteiger partial charge in [-0.3, -0.25) is 9.59 Å². The van der Waals surface area contributed by atoms with Gasteiger partial charge in [0.2, 0.25) is 0 Å². The van der Waals surface area contributed by atoms with E-state index in [1.54, 1.807) is 19.2 Å².